The Bertz CT molecular complexity index is 1650. The monoisotopic (exact) mass is 669 g/mol. The van der Waals surface area contributed by atoms with Crippen molar-refractivity contribution in [3.8, 4) is 22.3 Å². The molecule has 0 aliphatic heterocycles. The summed E-state index contributed by atoms with van der Waals surface area (Å²) in [4.78, 5) is 10.7. The van der Waals surface area contributed by atoms with E-state index in [-0.39, 0.29) is 0 Å². The predicted octanol–water partition coefficient (Wildman–Crippen LogP) is 14.8. The fraction of sp³-hybridized carbons (Fsp3) is 0.458. The molecule has 50 heavy (non-hydrogen) atoms. The van der Waals surface area contributed by atoms with Gasteiger partial charge in [-0.05, 0) is 127 Å². The molecule has 0 unspecified atom stereocenters. The summed E-state index contributed by atoms with van der Waals surface area (Å²) in [6.07, 6.45) is 19.1. The average molecular weight is 669 g/mol. The molecule has 0 fully saturated rings. The van der Waals surface area contributed by atoms with Gasteiger partial charge in [0.1, 0.15) is 0 Å². The maximum absolute atomic E-state index is 5.39. The zero-order chi connectivity index (χ0) is 35.6. The van der Waals surface area contributed by atoms with Gasteiger partial charge in [-0.3, -0.25) is 9.98 Å². The smallest absolute Gasteiger partial charge is 0.0642 e. The first-order chi connectivity index (χ1) is 24.5. The molecule has 266 valence electrons. The number of hydrogen-bond acceptors (Lipinski definition) is 2. The molecule has 0 radical (unpaired) electrons. The van der Waals surface area contributed by atoms with Crippen LogP contribution in [0.15, 0.2) is 94.9 Å². The molecule has 0 saturated carbocycles. The summed E-state index contributed by atoms with van der Waals surface area (Å²) in [7, 11) is 0. The van der Waals surface area contributed by atoms with Crippen molar-refractivity contribution < 1.29 is 0 Å². The van der Waals surface area contributed by atoms with Gasteiger partial charge in [0.15, 0.2) is 0 Å². The Morgan fingerprint density at radius 1 is 0.500 bits per heavy atom. The lowest BCUT2D eigenvalue weighted by Gasteiger charge is -2.18. The lowest BCUT2D eigenvalue weighted by Crippen LogP contribution is -2.09. The topological polar surface area (TPSA) is 24.7 Å². The van der Waals surface area contributed by atoms with Gasteiger partial charge in [-0.1, -0.05) is 147 Å². The summed E-state index contributed by atoms with van der Waals surface area (Å²) in [5.74, 6) is 0. The lowest BCUT2D eigenvalue weighted by atomic mass is 9.89. The Morgan fingerprint density at radius 3 is 1.70 bits per heavy atom. The number of rotatable bonds is 21. The molecule has 2 nitrogen and oxygen atoms in total. The van der Waals surface area contributed by atoms with Crippen LogP contribution >= 0.6 is 0 Å². The fourth-order valence-electron chi connectivity index (χ4n) is 7.28. The molecular formula is C48H64N2. The summed E-state index contributed by atoms with van der Waals surface area (Å²) in [6, 6.07) is 31.3. The van der Waals surface area contributed by atoms with Crippen molar-refractivity contribution in [2.75, 3.05) is 0 Å². The molecule has 4 aromatic rings. The van der Waals surface area contributed by atoms with E-state index >= 15 is 0 Å². The third-order valence-corrected chi connectivity index (χ3v) is 10.1. The van der Waals surface area contributed by atoms with Gasteiger partial charge in [0.2, 0.25) is 0 Å². The Labute approximate surface area is 305 Å². The molecule has 4 aromatic carbocycles. The highest BCUT2D eigenvalue weighted by Gasteiger charge is 2.15. The molecular weight excluding hydrogens is 605 g/mol. The highest BCUT2D eigenvalue weighted by atomic mass is 14.8. The standard InChI is InChI=1S/C48H64N2/c1-7-12-15-16-17-21-30-41-34-44(36-46(45(41)32-14-9-3)39-26-22-18-23-27-39)50-47(11-5)37(6)49-43-33-38(10-4)48(40-28-24-19-25-29-40)42(35-43)31-20-13-8-2/h18-19,22-29,33-36H,7-17,20-21,30-32H2,1-6H3. The number of benzene rings is 4. The maximum Gasteiger partial charge on any atom is 0.0642 e. The lowest BCUT2D eigenvalue weighted by molar-refractivity contribution is 0.606. The van der Waals surface area contributed by atoms with Crippen LogP contribution in [0.3, 0.4) is 0 Å². The van der Waals surface area contributed by atoms with E-state index in [0.717, 1.165) is 54.9 Å². The summed E-state index contributed by atoms with van der Waals surface area (Å²) >= 11 is 0. The van der Waals surface area contributed by atoms with Gasteiger partial charge >= 0.3 is 0 Å². The summed E-state index contributed by atoms with van der Waals surface area (Å²) in [6.45, 7) is 13.5. The molecule has 0 bridgehead atoms. The summed E-state index contributed by atoms with van der Waals surface area (Å²) < 4.78 is 0. The molecule has 0 N–H and O–H groups in total. The van der Waals surface area contributed by atoms with Gasteiger partial charge in [0.25, 0.3) is 0 Å². The van der Waals surface area contributed by atoms with E-state index in [1.165, 1.54) is 115 Å². The second kappa shape index (κ2) is 21.4. The second-order valence-electron chi connectivity index (χ2n) is 14.0. The molecule has 0 aliphatic carbocycles. The van der Waals surface area contributed by atoms with Crippen LogP contribution in [0.4, 0.5) is 11.4 Å². The largest absolute Gasteiger partial charge is 0.252 e. The van der Waals surface area contributed by atoms with Crippen LogP contribution in [0.25, 0.3) is 22.3 Å². The molecule has 0 spiro atoms. The van der Waals surface area contributed by atoms with Gasteiger partial charge in [-0.25, -0.2) is 0 Å². The van der Waals surface area contributed by atoms with Crippen LogP contribution in [0.2, 0.25) is 0 Å². The zero-order valence-electron chi connectivity index (χ0n) is 32.3. The number of hydrogen-bond donors (Lipinski definition) is 0. The van der Waals surface area contributed by atoms with Crippen LogP contribution in [0.5, 0.6) is 0 Å². The average Bonchev–Trinajstić information content (AvgIpc) is 3.15. The molecule has 0 saturated heterocycles. The third-order valence-electron chi connectivity index (χ3n) is 10.1. The van der Waals surface area contributed by atoms with Gasteiger partial charge in [0.05, 0.1) is 22.8 Å². The van der Waals surface area contributed by atoms with Crippen molar-refractivity contribution in [2.45, 2.75) is 144 Å². The summed E-state index contributed by atoms with van der Waals surface area (Å²) in [5, 5.41) is 0. The van der Waals surface area contributed by atoms with E-state index in [4.69, 9.17) is 9.98 Å². The Morgan fingerprint density at radius 2 is 1.04 bits per heavy atom. The van der Waals surface area contributed by atoms with Gasteiger partial charge in [-0.2, -0.15) is 0 Å². The fourth-order valence-corrected chi connectivity index (χ4v) is 7.28. The Balaban J connectivity index is 1.76. The van der Waals surface area contributed by atoms with Crippen LogP contribution < -0.4 is 0 Å². The van der Waals surface area contributed by atoms with Crippen molar-refractivity contribution in [2.24, 2.45) is 9.98 Å². The molecule has 0 aliphatic rings. The van der Waals surface area contributed by atoms with E-state index in [1.807, 2.05) is 0 Å². The van der Waals surface area contributed by atoms with Crippen molar-refractivity contribution in [1.29, 1.82) is 0 Å². The molecule has 2 heteroatoms. The predicted molar refractivity (Wildman–Crippen MR) is 222 cm³/mol. The third kappa shape index (κ3) is 11.4. The number of aliphatic imine (C=N–C) groups is 2. The molecule has 0 amide bonds. The number of unbranched alkanes of at least 4 members (excludes halogenated alkanes) is 8. The van der Waals surface area contributed by atoms with Crippen LogP contribution in [0, 0.1) is 0 Å². The van der Waals surface area contributed by atoms with E-state index in [1.54, 1.807) is 0 Å². The van der Waals surface area contributed by atoms with Crippen LogP contribution in [0.1, 0.15) is 141 Å². The molecule has 0 heterocycles. The van der Waals surface area contributed by atoms with Crippen molar-refractivity contribution in [3.05, 3.63) is 107 Å². The van der Waals surface area contributed by atoms with Crippen molar-refractivity contribution in [3.63, 3.8) is 0 Å². The van der Waals surface area contributed by atoms with Gasteiger partial charge in [-0.15, -0.1) is 0 Å². The van der Waals surface area contributed by atoms with Crippen molar-refractivity contribution in [1.82, 2.24) is 0 Å². The minimum absolute atomic E-state index is 0.840. The molecule has 0 aromatic heterocycles. The van der Waals surface area contributed by atoms with E-state index in [0.29, 0.717) is 0 Å². The SMILES string of the molecule is CCCCCCCCc1cc(N=C(CC)C(C)=Nc2cc(CC)c(-c3ccccc3)c(CCCCC)c2)cc(-c2ccccc2)c1CCCC. The highest BCUT2D eigenvalue weighted by molar-refractivity contribution is 6.42. The van der Waals surface area contributed by atoms with Gasteiger partial charge in [0, 0.05) is 0 Å². The highest BCUT2D eigenvalue weighted by Crippen LogP contribution is 2.36. The van der Waals surface area contributed by atoms with E-state index in [9.17, 15) is 0 Å². The van der Waals surface area contributed by atoms with Crippen LogP contribution in [-0.4, -0.2) is 11.4 Å². The second-order valence-corrected chi connectivity index (χ2v) is 14.0. The maximum atomic E-state index is 5.39. The first-order valence-electron chi connectivity index (χ1n) is 20.1. The number of aryl methyl sites for hydroxylation is 3. The first kappa shape index (κ1) is 39.0. The minimum atomic E-state index is 0.840. The van der Waals surface area contributed by atoms with E-state index < -0.39 is 0 Å². The van der Waals surface area contributed by atoms with Gasteiger partial charge < -0.3 is 0 Å². The molecule has 0 atom stereocenters. The zero-order valence-corrected chi connectivity index (χ0v) is 32.3. The van der Waals surface area contributed by atoms with Crippen molar-refractivity contribution >= 4 is 22.8 Å². The minimum Gasteiger partial charge on any atom is -0.252 e. The van der Waals surface area contributed by atoms with E-state index in [2.05, 4.69) is 126 Å². The number of nitrogens with zero attached hydrogens (tertiary/aromatic N) is 2. The summed E-state index contributed by atoms with van der Waals surface area (Å²) in [5.41, 5.74) is 15.4. The normalized spacial score (nSPS) is 12.1. The quantitative estimate of drug-likeness (QED) is 0.0623. The Kier molecular flexibility index (Phi) is 16.7. The molecule has 4 rings (SSSR count). The van der Waals surface area contributed by atoms with Crippen LogP contribution in [-0.2, 0) is 25.7 Å². The Hall–Kier alpha value is -3.78. The first-order valence-corrected chi connectivity index (χ1v) is 20.1.